The van der Waals surface area contributed by atoms with Gasteiger partial charge in [-0.1, -0.05) is 25.1 Å². The van der Waals surface area contributed by atoms with Gasteiger partial charge in [-0.15, -0.1) is 0 Å². The van der Waals surface area contributed by atoms with Gasteiger partial charge in [0.25, 0.3) is 5.91 Å². The van der Waals surface area contributed by atoms with E-state index < -0.39 is 5.79 Å². The Bertz CT molecular complexity index is 854. The van der Waals surface area contributed by atoms with Crippen LogP contribution in [-0.4, -0.2) is 48.0 Å². The molecule has 2 aromatic rings. The van der Waals surface area contributed by atoms with Gasteiger partial charge in [0, 0.05) is 37.3 Å². The number of benzene rings is 1. The van der Waals surface area contributed by atoms with Gasteiger partial charge in [0.1, 0.15) is 5.69 Å². The van der Waals surface area contributed by atoms with Gasteiger partial charge in [0.05, 0.1) is 13.2 Å². The molecule has 7 nitrogen and oxygen atoms in total. The van der Waals surface area contributed by atoms with E-state index in [2.05, 4.69) is 27.1 Å². The predicted octanol–water partition coefficient (Wildman–Crippen LogP) is 2.94. The number of anilines is 2. The summed E-state index contributed by atoms with van der Waals surface area (Å²) in [4.78, 5) is 24.0. The topological polar surface area (TPSA) is 76.6 Å². The molecule has 4 rings (SSSR count). The number of hydrogen-bond acceptors (Lipinski definition) is 6. The van der Waals surface area contributed by atoms with Gasteiger partial charge >= 0.3 is 0 Å². The summed E-state index contributed by atoms with van der Waals surface area (Å²) >= 11 is 0. The molecule has 0 bridgehead atoms. The van der Waals surface area contributed by atoms with E-state index in [1.54, 1.807) is 6.07 Å². The maximum absolute atomic E-state index is 12.8. The molecule has 2 fully saturated rings. The maximum atomic E-state index is 12.8. The number of nitrogens with one attached hydrogen (secondary N) is 1. The molecule has 0 radical (unpaired) electrons. The first kappa shape index (κ1) is 18.8. The van der Waals surface area contributed by atoms with Crippen LogP contribution in [0.1, 0.15) is 41.5 Å². The Balaban J connectivity index is 1.50. The third kappa shape index (κ3) is 3.86. The van der Waals surface area contributed by atoms with Gasteiger partial charge in [0.2, 0.25) is 5.95 Å². The molecule has 2 saturated heterocycles. The number of para-hydroxylation sites is 1. The van der Waals surface area contributed by atoms with E-state index in [9.17, 15) is 4.79 Å². The second kappa shape index (κ2) is 7.85. The summed E-state index contributed by atoms with van der Waals surface area (Å²) in [5.74, 6) is -0.0740. The molecule has 148 valence electrons. The number of carbonyl (C=O) groups excluding carboxylic acids is 1. The highest BCUT2D eigenvalue weighted by Crippen LogP contribution is 2.32. The van der Waals surface area contributed by atoms with Gasteiger partial charge < -0.3 is 19.7 Å². The SMILES string of the molecule is CCc1ccccc1NC(=O)c1cc(C)nc(N2CCC3(CC2)OCCO3)n1. The monoisotopic (exact) mass is 382 g/mol. The number of aryl methyl sites for hydroxylation is 2. The fourth-order valence-electron chi connectivity index (χ4n) is 3.78. The van der Waals surface area contributed by atoms with Crippen molar-refractivity contribution in [3.8, 4) is 0 Å². The van der Waals surface area contributed by atoms with Crippen molar-refractivity contribution < 1.29 is 14.3 Å². The van der Waals surface area contributed by atoms with Crippen LogP contribution < -0.4 is 10.2 Å². The maximum Gasteiger partial charge on any atom is 0.274 e. The second-order valence-electron chi connectivity index (χ2n) is 7.25. The van der Waals surface area contributed by atoms with Crippen molar-refractivity contribution in [2.45, 2.75) is 38.9 Å². The standard InChI is InChI=1S/C21H26N4O3/c1-3-16-6-4-5-7-17(16)23-19(26)18-14-15(2)22-20(24-18)25-10-8-21(9-11-25)27-12-13-28-21/h4-7,14H,3,8-13H2,1-2H3,(H,23,26). The van der Waals surface area contributed by atoms with Crippen molar-refractivity contribution in [1.29, 1.82) is 0 Å². The highest BCUT2D eigenvalue weighted by molar-refractivity contribution is 6.03. The van der Waals surface area contributed by atoms with Crippen molar-refractivity contribution in [2.24, 2.45) is 0 Å². The van der Waals surface area contributed by atoms with E-state index in [0.717, 1.165) is 49.3 Å². The first-order chi connectivity index (χ1) is 13.6. The second-order valence-corrected chi connectivity index (χ2v) is 7.25. The van der Waals surface area contributed by atoms with E-state index >= 15 is 0 Å². The number of carbonyl (C=O) groups is 1. The van der Waals surface area contributed by atoms with Gasteiger partial charge in [0.15, 0.2) is 5.79 Å². The number of ether oxygens (including phenoxy) is 2. The van der Waals surface area contributed by atoms with Crippen LogP contribution in [0.3, 0.4) is 0 Å². The summed E-state index contributed by atoms with van der Waals surface area (Å²) in [6.07, 6.45) is 2.40. The molecular weight excluding hydrogens is 356 g/mol. The minimum atomic E-state index is -0.440. The zero-order valence-electron chi connectivity index (χ0n) is 16.4. The molecule has 3 heterocycles. The molecule has 2 aliphatic rings. The molecule has 2 aliphatic heterocycles. The Hall–Kier alpha value is -2.51. The summed E-state index contributed by atoms with van der Waals surface area (Å²) in [5.41, 5.74) is 3.07. The largest absolute Gasteiger partial charge is 0.347 e. The summed E-state index contributed by atoms with van der Waals surface area (Å²) in [7, 11) is 0. The molecule has 7 heteroatoms. The van der Waals surface area contributed by atoms with Crippen LogP contribution in [0.5, 0.6) is 0 Å². The van der Waals surface area contributed by atoms with E-state index in [0.29, 0.717) is 24.9 Å². The number of rotatable bonds is 4. The first-order valence-corrected chi connectivity index (χ1v) is 9.86. The van der Waals surface area contributed by atoms with E-state index in [4.69, 9.17) is 9.47 Å². The quantitative estimate of drug-likeness (QED) is 0.876. The van der Waals surface area contributed by atoms with Gasteiger partial charge in [-0.3, -0.25) is 4.79 Å². The molecule has 1 spiro atoms. The number of amides is 1. The number of hydrogen-bond donors (Lipinski definition) is 1. The Morgan fingerprint density at radius 1 is 1.18 bits per heavy atom. The number of aromatic nitrogens is 2. The fraction of sp³-hybridized carbons (Fsp3) is 0.476. The van der Waals surface area contributed by atoms with Crippen molar-refractivity contribution in [2.75, 3.05) is 36.5 Å². The van der Waals surface area contributed by atoms with Crippen LogP contribution in [0, 0.1) is 6.92 Å². The van der Waals surface area contributed by atoms with Crippen LogP contribution in [0.2, 0.25) is 0 Å². The Morgan fingerprint density at radius 2 is 1.89 bits per heavy atom. The lowest BCUT2D eigenvalue weighted by Gasteiger charge is -2.37. The highest BCUT2D eigenvalue weighted by atomic mass is 16.7. The normalized spacial score (nSPS) is 18.4. The van der Waals surface area contributed by atoms with Crippen LogP contribution in [0.4, 0.5) is 11.6 Å². The number of piperidine rings is 1. The molecule has 28 heavy (non-hydrogen) atoms. The minimum absolute atomic E-state index is 0.219. The molecule has 0 atom stereocenters. The summed E-state index contributed by atoms with van der Waals surface area (Å²) in [6.45, 7) is 6.75. The van der Waals surface area contributed by atoms with Gasteiger partial charge in [-0.2, -0.15) is 0 Å². The molecule has 1 amide bonds. The third-order valence-electron chi connectivity index (χ3n) is 5.34. The molecule has 0 aliphatic carbocycles. The zero-order chi connectivity index (χ0) is 19.6. The van der Waals surface area contributed by atoms with Crippen molar-refractivity contribution in [3.05, 3.63) is 47.3 Å². The van der Waals surface area contributed by atoms with Crippen LogP contribution in [0.25, 0.3) is 0 Å². The Kier molecular flexibility index (Phi) is 5.28. The summed E-state index contributed by atoms with van der Waals surface area (Å²) < 4.78 is 11.6. The third-order valence-corrected chi connectivity index (χ3v) is 5.34. The summed E-state index contributed by atoms with van der Waals surface area (Å²) in [5, 5.41) is 2.99. The van der Waals surface area contributed by atoms with E-state index in [-0.39, 0.29) is 5.91 Å². The zero-order valence-corrected chi connectivity index (χ0v) is 16.4. The lowest BCUT2D eigenvalue weighted by atomic mass is 10.0. The van der Waals surface area contributed by atoms with Gasteiger partial charge in [-0.05, 0) is 31.0 Å². The Morgan fingerprint density at radius 3 is 2.61 bits per heavy atom. The lowest BCUT2D eigenvalue weighted by molar-refractivity contribution is -0.169. The molecule has 1 N–H and O–H groups in total. The molecule has 1 aromatic carbocycles. The highest BCUT2D eigenvalue weighted by Gasteiger charge is 2.40. The van der Waals surface area contributed by atoms with Crippen LogP contribution in [0.15, 0.2) is 30.3 Å². The van der Waals surface area contributed by atoms with Crippen molar-refractivity contribution >= 4 is 17.5 Å². The molecule has 0 unspecified atom stereocenters. The average Bonchev–Trinajstić information content (AvgIpc) is 3.16. The molecular formula is C21H26N4O3. The van der Waals surface area contributed by atoms with E-state index in [1.165, 1.54) is 0 Å². The fourth-order valence-corrected chi connectivity index (χ4v) is 3.78. The molecule has 1 aromatic heterocycles. The molecule has 0 saturated carbocycles. The van der Waals surface area contributed by atoms with Gasteiger partial charge in [-0.25, -0.2) is 9.97 Å². The van der Waals surface area contributed by atoms with Crippen LogP contribution in [-0.2, 0) is 15.9 Å². The van der Waals surface area contributed by atoms with E-state index in [1.807, 2.05) is 31.2 Å². The summed E-state index contributed by atoms with van der Waals surface area (Å²) in [6, 6.07) is 9.55. The van der Waals surface area contributed by atoms with Crippen molar-refractivity contribution in [1.82, 2.24) is 9.97 Å². The average molecular weight is 382 g/mol. The van der Waals surface area contributed by atoms with Crippen LogP contribution >= 0.6 is 0 Å². The first-order valence-electron chi connectivity index (χ1n) is 9.86. The minimum Gasteiger partial charge on any atom is -0.347 e. The smallest absolute Gasteiger partial charge is 0.274 e. The lowest BCUT2D eigenvalue weighted by Crippen LogP contribution is -2.45. The Labute approximate surface area is 165 Å². The van der Waals surface area contributed by atoms with Crippen molar-refractivity contribution in [3.63, 3.8) is 0 Å². The predicted molar refractivity (Wildman–Crippen MR) is 107 cm³/mol. The number of nitrogens with zero attached hydrogens (tertiary/aromatic N) is 3.